The molecule has 0 atom stereocenters. The van der Waals surface area contributed by atoms with Crippen LogP contribution in [-0.2, 0) is 0 Å². The second-order valence-electron chi connectivity index (χ2n) is 3.75. The highest BCUT2D eigenvalue weighted by atomic mass is 35.5. The molecule has 1 saturated carbocycles. The molecule has 0 spiro atoms. The number of benzene rings is 1. The minimum absolute atomic E-state index is 0.0440. The fourth-order valence-corrected chi connectivity index (χ4v) is 1.53. The number of hydrogen-bond donors (Lipinski definition) is 1. The summed E-state index contributed by atoms with van der Waals surface area (Å²) in [5, 5.41) is 14.0. The summed E-state index contributed by atoms with van der Waals surface area (Å²) in [6.07, 6.45) is 2.51. The van der Waals surface area contributed by atoms with Crippen LogP contribution in [0.5, 0.6) is 0 Å². The Kier molecular flexibility index (Phi) is 2.77. The predicted molar refractivity (Wildman–Crippen MR) is 59.3 cm³/mol. The third kappa shape index (κ3) is 2.59. The Morgan fingerprint density at radius 3 is 2.87 bits per heavy atom. The fourth-order valence-electron chi connectivity index (χ4n) is 1.35. The van der Waals surface area contributed by atoms with Crippen LogP contribution in [0.1, 0.15) is 12.8 Å². The van der Waals surface area contributed by atoms with Gasteiger partial charge < -0.3 is 5.32 Å². The van der Waals surface area contributed by atoms with E-state index in [1.54, 1.807) is 12.1 Å². The lowest BCUT2D eigenvalue weighted by Crippen LogP contribution is -2.03. The number of nitro benzene ring substituents is 1. The number of anilines is 1. The zero-order chi connectivity index (χ0) is 10.8. The molecule has 5 heteroatoms. The highest BCUT2D eigenvalue weighted by molar-refractivity contribution is 6.32. The van der Waals surface area contributed by atoms with Crippen LogP contribution in [0.4, 0.5) is 11.4 Å². The summed E-state index contributed by atoms with van der Waals surface area (Å²) in [5.74, 6) is 0.736. The van der Waals surface area contributed by atoms with Crippen LogP contribution in [0.15, 0.2) is 18.2 Å². The number of nitrogens with zero attached hydrogens (tertiary/aromatic N) is 1. The maximum Gasteiger partial charge on any atom is 0.289 e. The van der Waals surface area contributed by atoms with Gasteiger partial charge in [-0.15, -0.1) is 0 Å². The topological polar surface area (TPSA) is 55.2 Å². The molecule has 1 aromatic carbocycles. The summed E-state index contributed by atoms with van der Waals surface area (Å²) in [5.41, 5.74) is 0.718. The SMILES string of the molecule is O=[N+]([O-])c1cc(NCC2CC2)ccc1Cl. The van der Waals surface area contributed by atoms with Gasteiger partial charge in [-0.3, -0.25) is 10.1 Å². The molecular formula is C10H11ClN2O2. The molecule has 0 amide bonds. The van der Waals surface area contributed by atoms with Gasteiger partial charge in [0.05, 0.1) is 4.92 Å². The molecule has 0 aromatic heterocycles. The summed E-state index contributed by atoms with van der Waals surface area (Å²) >= 11 is 5.70. The summed E-state index contributed by atoms with van der Waals surface area (Å²) in [6.45, 7) is 0.888. The minimum atomic E-state index is -0.468. The van der Waals surface area contributed by atoms with E-state index in [0.29, 0.717) is 0 Å². The average Bonchev–Trinajstić information content (AvgIpc) is 3.00. The quantitative estimate of drug-likeness (QED) is 0.634. The van der Waals surface area contributed by atoms with Crippen molar-refractivity contribution >= 4 is 23.0 Å². The van der Waals surface area contributed by atoms with Crippen LogP contribution >= 0.6 is 11.6 Å². The van der Waals surface area contributed by atoms with Crippen LogP contribution in [-0.4, -0.2) is 11.5 Å². The molecule has 4 nitrogen and oxygen atoms in total. The first kappa shape index (κ1) is 10.2. The molecule has 1 fully saturated rings. The van der Waals surface area contributed by atoms with Gasteiger partial charge in [0.15, 0.2) is 0 Å². The lowest BCUT2D eigenvalue weighted by molar-refractivity contribution is -0.384. The number of rotatable bonds is 4. The molecule has 1 aromatic rings. The zero-order valence-electron chi connectivity index (χ0n) is 8.07. The Balaban J connectivity index is 2.10. The highest BCUT2D eigenvalue weighted by Gasteiger charge is 2.21. The largest absolute Gasteiger partial charge is 0.385 e. The molecule has 15 heavy (non-hydrogen) atoms. The monoisotopic (exact) mass is 226 g/mol. The Morgan fingerprint density at radius 1 is 1.53 bits per heavy atom. The molecule has 0 radical (unpaired) electrons. The summed E-state index contributed by atoms with van der Waals surface area (Å²) in [7, 11) is 0. The van der Waals surface area contributed by atoms with Crippen molar-refractivity contribution in [3.63, 3.8) is 0 Å². The number of hydrogen-bond acceptors (Lipinski definition) is 3. The van der Waals surface area contributed by atoms with E-state index < -0.39 is 4.92 Å². The van der Waals surface area contributed by atoms with E-state index in [-0.39, 0.29) is 10.7 Å². The molecule has 0 heterocycles. The molecule has 1 aliphatic rings. The van der Waals surface area contributed by atoms with Gasteiger partial charge in [0.25, 0.3) is 5.69 Å². The molecule has 0 aliphatic heterocycles. The summed E-state index contributed by atoms with van der Waals surface area (Å²) in [6, 6.07) is 4.79. The third-order valence-electron chi connectivity index (χ3n) is 2.43. The first-order valence-electron chi connectivity index (χ1n) is 4.84. The molecule has 80 valence electrons. The van der Waals surface area contributed by atoms with Gasteiger partial charge in [-0.2, -0.15) is 0 Å². The van der Waals surface area contributed by atoms with E-state index >= 15 is 0 Å². The van der Waals surface area contributed by atoms with E-state index in [0.717, 1.165) is 18.2 Å². The minimum Gasteiger partial charge on any atom is -0.385 e. The van der Waals surface area contributed by atoms with Crippen molar-refractivity contribution in [2.75, 3.05) is 11.9 Å². The van der Waals surface area contributed by atoms with Crippen molar-refractivity contribution in [2.24, 2.45) is 5.92 Å². The lowest BCUT2D eigenvalue weighted by atomic mass is 10.2. The smallest absolute Gasteiger partial charge is 0.289 e. The highest BCUT2D eigenvalue weighted by Crippen LogP contribution is 2.31. The van der Waals surface area contributed by atoms with E-state index in [4.69, 9.17) is 11.6 Å². The molecule has 1 N–H and O–H groups in total. The van der Waals surface area contributed by atoms with Crippen LogP contribution in [0.2, 0.25) is 5.02 Å². The molecule has 0 unspecified atom stereocenters. The van der Waals surface area contributed by atoms with Crippen molar-refractivity contribution < 1.29 is 4.92 Å². The van der Waals surface area contributed by atoms with Gasteiger partial charge in [0.2, 0.25) is 0 Å². The molecule has 1 aliphatic carbocycles. The van der Waals surface area contributed by atoms with E-state index in [2.05, 4.69) is 5.32 Å². The second kappa shape index (κ2) is 4.06. The van der Waals surface area contributed by atoms with Gasteiger partial charge in [-0.1, -0.05) is 11.6 Å². The standard InChI is InChI=1S/C10H11ClN2O2/c11-9-4-3-8(5-10(9)13(14)15)12-6-7-1-2-7/h3-5,7,12H,1-2,6H2. The van der Waals surface area contributed by atoms with Gasteiger partial charge in [-0.25, -0.2) is 0 Å². The van der Waals surface area contributed by atoms with E-state index in [1.165, 1.54) is 18.9 Å². The number of nitro groups is 1. The Hall–Kier alpha value is -1.29. The lowest BCUT2D eigenvalue weighted by Gasteiger charge is -2.05. The van der Waals surface area contributed by atoms with Gasteiger partial charge in [0.1, 0.15) is 5.02 Å². The van der Waals surface area contributed by atoms with Crippen LogP contribution in [0.3, 0.4) is 0 Å². The predicted octanol–water partition coefficient (Wildman–Crippen LogP) is 3.07. The Labute approximate surface area is 92.4 Å². The number of nitrogens with one attached hydrogen (secondary N) is 1. The summed E-state index contributed by atoms with van der Waals surface area (Å²) in [4.78, 5) is 10.2. The van der Waals surface area contributed by atoms with Gasteiger partial charge in [-0.05, 0) is 30.9 Å². The van der Waals surface area contributed by atoms with Crippen LogP contribution in [0.25, 0.3) is 0 Å². The average molecular weight is 227 g/mol. The number of halogens is 1. The maximum absolute atomic E-state index is 10.6. The zero-order valence-corrected chi connectivity index (χ0v) is 8.83. The summed E-state index contributed by atoms with van der Waals surface area (Å²) < 4.78 is 0. The fraction of sp³-hybridized carbons (Fsp3) is 0.400. The van der Waals surface area contributed by atoms with Crippen LogP contribution < -0.4 is 5.32 Å². The van der Waals surface area contributed by atoms with Crippen molar-refractivity contribution in [3.8, 4) is 0 Å². The molecular weight excluding hydrogens is 216 g/mol. The molecule has 0 bridgehead atoms. The van der Waals surface area contributed by atoms with Crippen LogP contribution in [0, 0.1) is 16.0 Å². The first-order valence-corrected chi connectivity index (χ1v) is 5.22. The van der Waals surface area contributed by atoms with Crippen molar-refractivity contribution in [3.05, 3.63) is 33.3 Å². The molecule has 0 saturated heterocycles. The van der Waals surface area contributed by atoms with Crippen molar-refractivity contribution in [1.29, 1.82) is 0 Å². The Bertz CT molecular complexity index is 391. The van der Waals surface area contributed by atoms with E-state index in [9.17, 15) is 10.1 Å². The Morgan fingerprint density at radius 2 is 2.27 bits per heavy atom. The van der Waals surface area contributed by atoms with Gasteiger partial charge >= 0.3 is 0 Å². The van der Waals surface area contributed by atoms with Crippen molar-refractivity contribution in [2.45, 2.75) is 12.8 Å². The molecule has 2 rings (SSSR count). The third-order valence-corrected chi connectivity index (χ3v) is 2.75. The first-order chi connectivity index (χ1) is 7.16. The van der Waals surface area contributed by atoms with Gasteiger partial charge in [0, 0.05) is 18.3 Å². The normalized spacial score (nSPS) is 15.0. The van der Waals surface area contributed by atoms with E-state index in [1.807, 2.05) is 0 Å². The second-order valence-corrected chi connectivity index (χ2v) is 4.15. The van der Waals surface area contributed by atoms with Crippen molar-refractivity contribution in [1.82, 2.24) is 0 Å². The maximum atomic E-state index is 10.6.